The lowest BCUT2D eigenvalue weighted by Gasteiger charge is -2.17. The van der Waals surface area contributed by atoms with Crippen LogP contribution in [0.3, 0.4) is 0 Å². The molecule has 1 saturated carbocycles. The summed E-state index contributed by atoms with van der Waals surface area (Å²) >= 11 is 9.39. The van der Waals surface area contributed by atoms with Gasteiger partial charge in [0.1, 0.15) is 0 Å². The summed E-state index contributed by atoms with van der Waals surface area (Å²) in [6.07, 6.45) is 5.08. The number of carbonyl (C=O) groups excluding carboxylic acids is 3. The van der Waals surface area contributed by atoms with Crippen LogP contribution in [-0.4, -0.2) is 29.2 Å². The zero-order valence-electron chi connectivity index (χ0n) is 13.2. The zero-order chi connectivity index (χ0) is 17.7. The number of likely N-dealkylation sites (tertiary alicyclic amines) is 1. The first-order chi connectivity index (χ1) is 12.0. The van der Waals surface area contributed by atoms with Crippen LogP contribution in [0.25, 0.3) is 0 Å². The summed E-state index contributed by atoms with van der Waals surface area (Å²) in [6.45, 7) is 0.115. The van der Waals surface area contributed by atoms with Crippen LogP contribution in [0.4, 0.5) is 5.69 Å². The first kappa shape index (κ1) is 16.8. The van der Waals surface area contributed by atoms with Crippen molar-refractivity contribution in [2.45, 2.75) is 12.8 Å². The molecule has 2 fully saturated rings. The van der Waals surface area contributed by atoms with Gasteiger partial charge in [0, 0.05) is 17.4 Å². The normalized spacial score (nSPS) is 29.4. The van der Waals surface area contributed by atoms with Crippen LogP contribution < -0.4 is 5.32 Å². The average Bonchev–Trinajstić information content (AvgIpc) is 3.23. The van der Waals surface area contributed by atoms with Crippen LogP contribution in [0.1, 0.15) is 12.8 Å². The number of nitrogens with one attached hydrogen (secondary N) is 1. The minimum atomic E-state index is -0.275. The Hall–Kier alpha value is -1.66. The number of amides is 3. The Labute approximate surface area is 158 Å². The quantitative estimate of drug-likeness (QED) is 0.597. The Morgan fingerprint density at radius 2 is 1.84 bits per heavy atom. The maximum Gasteiger partial charge on any atom is 0.233 e. The highest BCUT2D eigenvalue weighted by atomic mass is 79.9. The molecule has 25 heavy (non-hydrogen) atoms. The van der Waals surface area contributed by atoms with Crippen molar-refractivity contribution in [1.82, 2.24) is 4.90 Å². The Kier molecular flexibility index (Phi) is 4.20. The number of hydrogen-bond donors (Lipinski definition) is 1. The number of halogens is 2. The largest absolute Gasteiger partial charge is 0.325 e. The van der Waals surface area contributed by atoms with Gasteiger partial charge in [-0.3, -0.25) is 19.3 Å². The maximum absolute atomic E-state index is 12.6. The van der Waals surface area contributed by atoms with Gasteiger partial charge in [0.25, 0.3) is 0 Å². The summed E-state index contributed by atoms with van der Waals surface area (Å²) in [6, 6.07) is 5.16. The van der Waals surface area contributed by atoms with Crippen LogP contribution in [0, 0.1) is 23.7 Å². The van der Waals surface area contributed by atoms with Crippen LogP contribution in [0.15, 0.2) is 34.8 Å². The molecule has 1 heterocycles. The first-order valence-electron chi connectivity index (χ1n) is 8.24. The van der Waals surface area contributed by atoms with E-state index in [0.717, 1.165) is 10.9 Å². The van der Waals surface area contributed by atoms with Gasteiger partial charge in [-0.25, -0.2) is 0 Å². The van der Waals surface area contributed by atoms with E-state index in [4.69, 9.17) is 11.6 Å². The van der Waals surface area contributed by atoms with E-state index in [1.165, 1.54) is 4.90 Å². The molecule has 2 aliphatic carbocycles. The maximum atomic E-state index is 12.6. The Morgan fingerprint density at radius 3 is 2.44 bits per heavy atom. The van der Waals surface area contributed by atoms with Gasteiger partial charge in [0.05, 0.1) is 22.5 Å². The van der Waals surface area contributed by atoms with E-state index >= 15 is 0 Å². The molecule has 2 bridgehead atoms. The lowest BCUT2D eigenvalue weighted by atomic mass is 9.85. The SMILES string of the molecule is O=C(CCN1C(=O)[C@@H]2[C@H](C1=O)[C@H]1C=C[C@@H]2C1)Nc1ccc(Br)cc1Cl. The summed E-state index contributed by atoms with van der Waals surface area (Å²) in [7, 11) is 0. The van der Waals surface area contributed by atoms with Crippen molar-refractivity contribution in [1.29, 1.82) is 0 Å². The number of nitrogens with zero attached hydrogens (tertiary/aromatic N) is 1. The summed E-state index contributed by atoms with van der Waals surface area (Å²) in [5.74, 6) is -0.581. The summed E-state index contributed by atoms with van der Waals surface area (Å²) < 4.78 is 0.818. The molecular weight excluding hydrogens is 408 g/mol. The third kappa shape index (κ3) is 2.81. The molecule has 7 heteroatoms. The van der Waals surface area contributed by atoms with Gasteiger partial charge < -0.3 is 5.32 Å². The molecule has 0 unspecified atom stereocenters. The lowest BCUT2D eigenvalue weighted by molar-refractivity contribution is -0.140. The molecule has 4 rings (SSSR count). The van der Waals surface area contributed by atoms with E-state index in [2.05, 4.69) is 33.4 Å². The number of fused-ring (bicyclic) bond motifs is 5. The summed E-state index contributed by atoms with van der Waals surface area (Å²) in [4.78, 5) is 38.6. The fraction of sp³-hybridized carbons (Fsp3) is 0.389. The number of rotatable bonds is 4. The first-order valence-corrected chi connectivity index (χ1v) is 9.41. The molecule has 3 aliphatic rings. The highest BCUT2D eigenvalue weighted by Crippen LogP contribution is 2.52. The van der Waals surface area contributed by atoms with Crippen LogP contribution >= 0.6 is 27.5 Å². The summed E-state index contributed by atoms with van der Waals surface area (Å²) in [5.41, 5.74) is 0.507. The molecule has 130 valence electrons. The van der Waals surface area contributed by atoms with E-state index in [1.54, 1.807) is 18.2 Å². The Morgan fingerprint density at radius 1 is 1.20 bits per heavy atom. The van der Waals surface area contributed by atoms with Crippen molar-refractivity contribution in [3.05, 3.63) is 39.8 Å². The molecule has 1 aromatic carbocycles. The predicted molar refractivity (Wildman–Crippen MR) is 96.8 cm³/mol. The average molecular weight is 424 g/mol. The van der Waals surface area contributed by atoms with Gasteiger partial charge in [0.2, 0.25) is 17.7 Å². The molecule has 0 spiro atoms. The second kappa shape index (κ2) is 6.25. The second-order valence-corrected chi connectivity index (χ2v) is 8.07. The van der Waals surface area contributed by atoms with Crippen molar-refractivity contribution in [3.63, 3.8) is 0 Å². The number of carbonyl (C=O) groups is 3. The molecule has 0 radical (unpaired) electrons. The van der Waals surface area contributed by atoms with Crippen LogP contribution in [0.5, 0.6) is 0 Å². The van der Waals surface area contributed by atoms with Gasteiger partial charge in [0.15, 0.2) is 0 Å². The number of allylic oxidation sites excluding steroid dienone is 2. The molecule has 4 atom stereocenters. The molecule has 5 nitrogen and oxygen atoms in total. The third-order valence-electron chi connectivity index (χ3n) is 5.33. The second-order valence-electron chi connectivity index (χ2n) is 6.75. The van der Waals surface area contributed by atoms with Gasteiger partial charge in [-0.2, -0.15) is 0 Å². The number of hydrogen-bond acceptors (Lipinski definition) is 3. The topological polar surface area (TPSA) is 66.5 Å². The molecule has 1 N–H and O–H groups in total. The van der Waals surface area contributed by atoms with Gasteiger partial charge in [-0.15, -0.1) is 0 Å². The van der Waals surface area contributed by atoms with Gasteiger partial charge >= 0.3 is 0 Å². The van der Waals surface area contributed by atoms with E-state index < -0.39 is 0 Å². The van der Waals surface area contributed by atoms with Crippen LogP contribution in [0.2, 0.25) is 5.02 Å². The number of benzene rings is 1. The standard InChI is InChI=1S/C18H16BrClN2O3/c19-11-3-4-13(12(20)8-11)21-14(23)5-6-22-17(24)15-9-1-2-10(7-9)16(15)18(22)25/h1-4,8-10,15-16H,5-7H2,(H,21,23)/t9-,10+,15+,16-. The van der Waals surface area contributed by atoms with Crippen molar-refractivity contribution >= 4 is 50.9 Å². The van der Waals surface area contributed by atoms with Crippen LogP contribution in [-0.2, 0) is 14.4 Å². The molecule has 1 aliphatic heterocycles. The highest BCUT2D eigenvalue weighted by Gasteiger charge is 2.58. The van der Waals surface area contributed by atoms with E-state index in [-0.39, 0.29) is 54.4 Å². The monoisotopic (exact) mass is 422 g/mol. The Bertz CT molecular complexity index is 780. The molecule has 3 amide bonds. The number of anilines is 1. The Balaban J connectivity index is 1.38. The minimum Gasteiger partial charge on any atom is -0.325 e. The zero-order valence-corrected chi connectivity index (χ0v) is 15.6. The van der Waals surface area contributed by atoms with Crippen molar-refractivity contribution < 1.29 is 14.4 Å². The molecule has 1 aromatic rings. The van der Waals surface area contributed by atoms with E-state index in [9.17, 15) is 14.4 Å². The highest BCUT2D eigenvalue weighted by molar-refractivity contribution is 9.10. The molecular formula is C18H16BrClN2O3. The van der Waals surface area contributed by atoms with Gasteiger partial charge in [-0.05, 0) is 36.5 Å². The predicted octanol–water partition coefficient (Wildman–Crippen LogP) is 3.24. The lowest BCUT2D eigenvalue weighted by Crippen LogP contribution is -2.35. The summed E-state index contributed by atoms with van der Waals surface area (Å²) in [5, 5.41) is 3.14. The van der Waals surface area contributed by atoms with E-state index in [0.29, 0.717) is 10.7 Å². The fourth-order valence-electron chi connectivity index (χ4n) is 4.20. The van der Waals surface area contributed by atoms with Crippen molar-refractivity contribution in [2.24, 2.45) is 23.7 Å². The van der Waals surface area contributed by atoms with Crippen molar-refractivity contribution in [3.8, 4) is 0 Å². The smallest absolute Gasteiger partial charge is 0.233 e. The van der Waals surface area contributed by atoms with E-state index in [1.807, 2.05) is 0 Å². The number of imide groups is 1. The fourth-order valence-corrected chi connectivity index (χ4v) is 4.92. The molecule has 0 aromatic heterocycles. The van der Waals surface area contributed by atoms with Crippen molar-refractivity contribution in [2.75, 3.05) is 11.9 Å². The third-order valence-corrected chi connectivity index (χ3v) is 6.14. The molecule has 1 saturated heterocycles. The minimum absolute atomic E-state index is 0.0616. The van der Waals surface area contributed by atoms with Gasteiger partial charge in [-0.1, -0.05) is 39.7 Å².